The van der Waals surface area contributed by atoms with Crippen molar-refractivity contribution in [1.82, 2.24) is 20.2 Å². The summed E-state index contributed by atoms with van der Waals surface area (Å²) < 4.78 is 0. The van der Waals surface area contributed by atoms with Gasteiger partial charge in [-0.2, -0.15) is 15.1 Å². The van der Waals surface area contributed by atoms with E-state index in [1.807, 2.05) is 6.07 Å². The van der Waals surface area contributed by atoms with Crippen molar-refractivity contribution in [2.24, 2.45) is 0 Å². The van der Waals surface area contributed by atoms with Gasteiger partial charge in [0.2, 0.25) is 5.28 Å². The molecular formula is C12H12ClN5S. The number of hydrogen-bond donors (Lipinski definition) is 1. The van der Waals surface area contributed by atoms with Crippen LogP contribution in [0.4, 0.5) is 5.82 Å². The Morgan fingerprint density at radius 3 is 3.05 bits per heavy atom. The van der Waals surface area contributed by atoms with Crippen molar-refractivity contribution in [3.8, 4) is 0 Å². The number of anilines is 1. The van der Waals surface area contributed by atoms with E-state index in [0.29, 0.717) is 5.65 Å². The van der Waals surface area contributed by atoms with Crippen molar-refractivity contribution in [2.45, 2.75) is 13.5 Å². The topological polar surface area (TPSA) is 57.7 Å². The second kappa shape index (κ2) is 5.14. The first-order valence-corrected chi connectivity index (χ1v) is 7.17. The number of H-pyrrole nitrogens is 1. The van der Waals surface area contributed by atoms with E-state index < -0.39 is 0 Å². The molecule has 3 heterocycles. The van der Waals surface area contributed by atoms with E-state index in [4.69, 9.17) is 11.6 Å². The third-order valence-electron chi connectivity index (χ3n) is 2.87. The molecule has 3 aromatic heterocycles. The highest BCUT2D eigenvalue weighted by atomic mass is 35.5. The first-order chi connectivity index (χ1) is 9.28. The van der Waals surface area contributed by atoms with Gasteiger partial charge in [-0.05, 0) is 30.0 Å². The van der Waals surface area contributed by atoms with Gasteiger partial charge < -0.3 is 4.90 Å². The van der Waals surface area contributed by atoms with Crippen LogP contribution in [0.15, 0.2) is 23.7 Å². The van der Waals surface area contributed by atoms with Gasteiger partial charge in [-0.3, -0.25) is 5.10 Å². The first kappa shape index (κ1) is 12.4. The fourth-order valence-electron chi connectivity index (χ4n) is 1.96. The molecule has 7 heteroatoms. The fraction of sp³-hybridized carbons (Fsp3) is 0.250. The summed E-state index contributed by atoms with van der Waals surface area (Å²) in [5.74, 6) is 0.819. The number of aromatic nitrogens is 4. The van der Waals surface area contributed by atoms with Crippen LogP contribution in [0, 0.1) is 0 Å². The summed E-state index contributed by atoms with van der Waals surface area (Å²) in [4.78, 5) is 11.9. The molecule has 19 heavy (non-hydrogen) atoms. The maximum atomic E-state index is 5.97. The van der Waals surface area contributed by atoms with Crippen LogP contribution in [0.3, 0.4) is 0 Å². The van der Waals surface area contributed by atoms with E-state index in [1.54, 1.807) is 17.5 Å². The van der Waals surface area contributed by atoms with Crippen LogP contribution in [0.5, 0.6) is 0 Å². The van der Waals surface area contributed by atoms with Crippen molar-refractivity contribution >= 4 is 39.8 Å². The summed E-state index contributed by atoms with van der Waals surface area (Å²) in [6, 6.07) is 4.16. The van der Waals surface area contributed by atoms with Crippen LogP contribution in [0.25, 0.3) is 11.0 Å². The molecule has 0 bridgehead atoms. The highest BCUT2D eigenvalue weighted by Crippen LogP contribution is 2.25. The van der Waals surface area contributed by atoms with Crippen molar-refractivity contribution in [3.63, 3.8) is 0 Å². The van der Waals surface area contributed by atoms with E-state index >= 15 is 0 Å². The Hall–Kier alpha value is -1.66. The van der Waals surface area contributed by atoms with E-state index in [-0.39, 0.29) is 5.28 Å². The molecule has 0 radical (unpaired) electrons. The van der Waals surface area contributed by atoms with E-state index in [1.165, 1.54) is 4.88 Å². The lowest BCUT2D eigenvalue weighted by Crippen LogP contribution is -2.23. The molecule has 0 aliphatic rings. The molecular weight excluding hydrogens is 282 g/mol. The van der Waals surface area contributed by atoms with Gasteiger partial charge in [0.05, 0.1) is 18.1 Å². The number of nitrogens with zero attached hydrogens (tertiary/aromatic N) is 4. The molecule has 0 unspecified atom stereocenters. The quantitative estimate of drug-likeness (QED) is 0.751. The molecule has 0 spiro atoms. The van der Waals surface area contributed by atoms with Crippen LogP contribution in [-0.4, -0.2) is 26.7 Å². The summed E-state index contributed by atoms with van der Waals surface area (Å²) in [6.07, 6.45) is 1.73. The maximum absolute atomic E-state index is 5.97. The number of aromatic amines is 1. The zero-order valence-corrected chi connectivity index (χ0v) is 11.9. The van der Waals surface area contributed by atoms with Crippen molar-refractivity contribution in [3.05, 3.63) is 33.9 Å². The maximum Gasteiger partial charge on any atom is 0.226 e. The standard InChI is InChI=1S/C12H12ClN5S/c1-2-18(7-8-4-3-5-19-8)11-9-6-14-17-10(9)15-12(13)16-11/h3-6H,2,7H2,1H3,(H,14,15,16,17). The van der Waals surface area contributed by atoms with E-state index in [0.717, 1.165) is 24.3 Å². The molecule has 0 aromatic carbocycles. The number of nitrogens with one attached hydrogen (secondary N) is 1. The summed E-state index contributed by atoms with van der Waals surface area (Å²) in [5.41, 5.74) is 0.666. The molecule has 0 atom stereocenters. The van der Waals surface area contributed by atoms with Crippen LogP contribution >= 0.6 is 22.9 Å². The van der Waals surface area contributed by atoms with Gasteiger partial charge in [0.15, 0.2) is 5.65 Å². The highest BCUT2D eigenvalue weighted by Gasteiger charge is 2.15. The molecule has 98 valence electrons. The Bertz CT molecular complexity index is 679. The molecule has 1 N–H and O–H groups in total. The number of thiophene rings is 1. The van der Waals surface area contributed by atoms with Gasteiger partial charge >= 0.3 is 0 Å². The van der Waals surface area contributed by atoms with Gasteiger partial charge in [-0.25, -0.2) is 0 Å². The zero-order valence-electron chi connectivity index (χ0n) is 10.3. The number of hydrogen-bond acceptors (Lipinski definition) is 5. The van der Waals surface area contributed by atoms with Gasteiger partial charge in [0, 0.05) is 11.4 Å². The van der Waals surface area contributed by atoms with E-state index in [9.17, 15) is 0 Å². The molecule has 5 nitrogen and oxygen atoms in total. The molecule has 0 aliphatic heterocycles. The SMILES string of the molecule is CCN(Cc1cccs1)c1nc(Cl)nc2[nH]ncc12. The predicted octanol–water partition coefficient (Wildman–Crippen LogP) is 3.09. The van der Waals surface area contributed by atoms with Gasteiger partial charge in [-0.15, -0.1) is 11.3 Å². The molecule has 3 aromatic rings. The number of rotatable bonds is 4. The van der Waals surface area contributed by atoms with Gasteiger partial charge in [0.25, 0.3) is 0 Å². The van der Waals surface area contributed by atoms with Crippen LogP contribution < -0.4 is 4.90 Å². The first-order valence-electron chi connectivity index (χ1n) is 5.92. The molecule has 0 saturated heterocycles. The zero-order chi connectivity index (χ0) is 13.2. The average molecular weight is 294 g/mol. The fourth-order valence-corrected chi connectivity index (χ4v) is 2.85. The molecule has 0 aliphatic carbocycles. The van der Waals surface area contributed by atoms with Crippen molar-refractivity contribution in [2.75, 3.05) is 11.4 Å². The summed E-state index contributed by atoms with van der Waals surface area (Å²) >= 11 is 7.70. The minimum atomic E-state index is 0.233. The van der Waals surface area contributed by atoms with Crippen LogP contribution in [0.2, 0.25) is 5.28 Å². The average Bonchev–Trinajstić information content (AvgIpc) is 3.05. The monoisotopic (exact) mass is 293 g/mol. The lowest BCUT2D eigenvalue weighted by Gasteiger charge is -2.21. The van der Waals surface area contributed by atoms with Crippen LogP contribution in [0.1, 0.15) is 11.8 Å². The highest BCUT2D eigenvalue weighted by molar-refractivity contribution is 7.09. The summed E-state index contributed by atoms with van der Waals surface area (Å²) in [6.45, 7) is 3.74. The Labute approximate surface area is 119 Å². The van der Waals surface area contributed by atoms with Crippen LogP contribution in [-0.2, 0) is 6.54 Å². The second-order valence-electron chi connectivity index (χ2n) is 4.04. The molecule has 0 amide bonds. The minimum Gasteiger partial charge on any atom is -0.351 e. The van der Waals surface area contributed by atoms with Crippen molar-refractivity contribution < 1.29 is 0 Å². The van der Waals surface area contributed by atoms with Crippen molar-refractivity contribution in [1.29, 1.82) is 0 Å². The number of halogens is 1. The Kier molecular flexibility index (Phi) is 3.35. The number of fused-ring (bicyclic) bond motifs is 1. The normalized spacial score (nSPS) is 11.1. The Balaban J connectivity index is 2.03. The minimum absolute atomic E-state index is 0.233. The Morgan fingerprint density at radius 2 is 2.32 bits per heavy atom. The lowest BCUT2D eigenvalue weighted by molar-refractivity contribution is 0.826. The predicted molar refractivity (Wildman–Crippen MR) is 77.7 cm³/mol. The molecule has 0 saturated carbocycles. The molecule has 3 rings (SSSR count). The van der Waals surface area contributed by atoms with E-state index in [2.05, 4.69) is 43.4 Å². The second-order valence-corrected chi connectivity index (χ2v) is 5.41. The van der Waals surface area contributed by atoms with Gasteiger partial charge in [-0.1, -0.05) is 6.07 Å². The third kappa shape index (κ3) is 2.41. The lowest BCUT2D eigenvalue weighted by atomic mass is 10.3. The largest absolute Gasteiger partial charge is 0.351 e. The Morgan fingerprint density at radius 1 is 1.42 bits per heavy atom. The summed E-state index contributed by atoms with van der Waals surface area (Å²) in [5, 5.41) is 10.0. The van der Waals surface area contributed by atoms with Gasteiger partial charge in [0.1, 0.15) is 5.82 Å². The third-order valence-corrected chi connectivity index (χ3v) is 3.90. The molecule has 0 fully saturated rings. The smallest absolute Gasteiger partial charge is 0.226 e. The summed E-state index contributed by atoms with van der Waals surface area (Å²) in [7, 11) is 0.